The predicted octanol–water partition coefficient (Wildman–Crippen LogP) is 3.56. The fraction of sp³-hybridized carbons (Fsp3) is 0.833. The first-order valence-corrected chi connectivity index (χ1v) is 9.11. The van der Waals surface area contributed by atoms with E-state index in [1.165, 1.54) is 50.6 Å². The molecule has 1 heterocycles. The summed E-state index contributed by atoms with van der Waals surface area (Å²) < 4.78 is 2.25. The SMILES string of the molecule is CCNC(Cc1ccn(C2CCCC2)n1)C1CC2CC2C1. The Morgan fingerprint density at radius 1 is 1.24 bits per heavy atom. The first kappa shape index (κ1) is 13.8. The molecule has 3 atom stereocenters. The molecule has 21 heavy (non-hydrogen) atoms. The van der Waals surface area contributed by atoms with Crippen molar-refractivity contribution in [3.05, 3.63) is 18.0 Å². The highest BCUT2D eigenvalue weighted by atomic mass is 15.3. The van der Waals surface area contributed by atoms with Gasteiger partial charge < -0.3 is 5.32 Å². The predicted molar refractivity (Wildman–Crippen MR) is 85.2 cm³/mol. The zero-order chi connectivity index (χ0) is 14.2. The monoisotopic (exact) mass is 287 g/mol. The quantitative estimate of drug-likeness (QED) is 0.867. The summed E-state index contributed by atoms with van der Waals surface area (Å²) in [4.78, 5) is 0. The number of rotatable bonds is 6. The van der Waals surface area contributed by atoms with Gasteiger partial charge in [0.05, 0.1) is 11.7 Å². The van der Waals surface area contributed by atoms with Gasteiger partial charge in [0.2, 0.25) is 0 Å². The fourth-order valence-corrected chi connectivity index (χ4v) is 4.84. The Balaban J connectivity index is 1.40. The molecule has 3 aliphatic rings. The molecule has 3 unspecified atom stereocenters. The molecule has 3 fully saturated rings. The molecule has 1 N–H and O–H groups in total. The summed E-state index contributed by atoms with van der Waals surface area (Å²) in [5.74, 6) is 3.05. The summed E-state index contributed by atoms with van der Waals surface area (Å²) in [6, 6.07) is 3.59. The van der Waals surface area contributed by atoms with Gasteiger partial charge in [0.25, 0.3) is 0 Å². The van der Waals surface area contributed by atoms with Crippen LogP contribution >= 0.6 is 0 Å². The Morgan fingerprint density at radius 2 is 2.00 bits per heavy atom. The second-order valence-electron chi connectivity index (χ2n) is 7.58. The van der Waals surface area contributed by atoms with Gasteiger partial charge in [0.1, 0.15) is 0 Å². The van der Waals surface area contributed by atoms with E-state index in [0.29, 0.717) is 12.1 Å². The van der Waals surface area contributed by atoms with E-state index in [4.69, 9.17) is 5.10 Å². The van der Waals surface area contributed by atoms with Crippen LogP contribution < -0.4 is 5.32 Å². The molecule has 4 rings (SSSR count). The van der Waals surface area contributed by atoms with E-state index in [1.54, 1.807) is 0 Å². The zero-order valence-corrected chi connectivity index (χ0v) is 13.3. The molecule has 3 saturated carbocycles. The molecule has 116 valence electrons. The lowest BCUT2D eigenvalue weighted by molar-refractivity contribution is 0.333. The van der Waals surface area contributed by atoms with Gasteiger partial charge in [-0.05, 0) is 62.5 Å². The number of nitrogens with one attached hydrogen (secondary N) is 1. The summed E-state index contributed by atoms with van der Waals surface area (Å²) in [5, 5.41) is 8.64. The Kier molecular flexibility index (Phi) is 3.78. The van der Waals surface area contributed by atoms with Crippen LogP contribution in [0.1, 0.15) is 63.6 Å². The minimum absolute atomic E-state index is 0.648. The van der Waals surface area contributed by atoms with Crippen LogP contribution in [-0.4, -0.2) is 22.4 Å². The maximum Gasteiger partial charge on any atom is 0.0640 e. The molecule has 3 aliphatic carbocycles. The Bertz CT molecular complexity index is 465. The third-order valence-corrected chi connectivity index (χ3v) is 6.11. The summed E-state index contributed by atoms with van der Waals surface area (Å²) in [5.41, 5.74) is 1.30. The van der Waals surface area contributed by atoms with Crippen molar-refractivity contribution < 1.29 is 0 Å². The molecule has 0 amide bonds. The molecule has 1 aromatic rings. The van der Waals surface area contributed by atoms with Crippen molar-refractivity contribution in [1.82, 2.24) is 15.1 Å². The van der Waals surface area contributed by atoms with Crippen molar-refractivity contribution >= 4 is 0 Å². The lowest BCUT2D eigenvalue weighted by Crippen LogP contribution is -2.37. The van der Waals surface area contributed by atoms with E-state index in [-0.39, 0.29) is 0 Å². The zero-order valence-electron chi connectivity index (χ0n) is 13.3. The highest BCUT2D eigenvalue weighted by molar-refractivity contribution is 5.06. The van der Waals surface area contributed by atoms with E-state index in [2.05, 4.69) is 29.2 Å². The van der Waals surface area contributed by atoms with E-state index in [0.717, 1.165) is 30.7 Å². The molecule has 0 bridgehead atoms. The normalized spacial score (nSPS) is 33.3. The van der Waals surface area contributed by atoms with E-state index in [9.17, 15) is 0 Å². The van der Waals surface area contributed by atoms with Crippen LogP contribution in [0, 0.1) is 17.8 Å². The van der Waals surface area contributed by atoms with Crippen LogP contribution in [0.2, 0.25) is 0 Å². The average Bonchev–Trinajstić information content (AvgIpc) is 2.99. The summed E-state index contributed by atoms with van der Waals surface area (Å²) in [6.07, 6.45) is 13.2. The largest absolute Gasteiger partial charge is 0.314 e. The molecule has 0 spiro atoms. The summed E-state index contributed by atoms with van der Waals surface area (Å²) >= 11 is 0. The molecule has 0 aliphatic heterocycles. The van der Waals surface area contributed by atoms with Crippen molar-refractivity contribution in [2.75, 3.05) is 6.54 Å². The van der Waals surface area contributed by atoms with Crippen LogP contribution in [0.5, 0.6) is 0 Å². The highest BCUT2D eigenvalue weighted by Crippen LogP contribution is 2.55. The van der Waals surface area contributed by atoms with Crippen LogP contribution in [0.25, 0.3) is 0 Å². The van der Waals surface area contributed by atoms with Crippen LogP contribution in [0.15, 0.2) is 12.3 Å². The smallest absolute Gasteiger partial charge is 0.0640 e. The molecular weight excluding hydrogens is 258 g/mol. The molecular formula is C18H29N3. The number of fused-ring (bicyclic) bond motifs is 1. The Hall–Kier alpha value is -0.830. The van der Waals surface area contributed by atoms with Crippen LogP contribution in [0.3, 0.4) is 0 Å². The van der Waals surface area contributed by atoms with E-state index >= 15 is 0 Å². The standard InChI is InChI=1S/C18H29N3/c1-2-19-18(15-10-13-9-14(13)11-15)12-16-7-8-21(20-16)17-5-3-4-6-17/h7-8,13-15,17-19H,2-6,9-12H2,1H3. The minimum atomic E-state index is 0.648. The third kappa shape index (κ3) is 2.90. The van der Waals surface area contributed by atoms with Gasteiger partial charge in [0.15, 0.2) is 0 Å². The van der Waals surface area contributed by atoms with Gasteiger partial charge in [-0.3, -0.25) is 4.68 Å². The summed E-state index contributed by atoms with van der Waals surface area (Å²) in [6.45, 7) is 3.32. The maximum atomic E-state index is 4.89. The van der Waals surface area contributed by atoms with Gasteiger partial charge >= 0.3 is 0 Å². The van der Waals surface area contributed by atoms with Crippen LogP contribution in [-0.2, 0) is 6.42 Å². The van der Waals surface area contributed by atoms with Crippen molar-refractivity contribution in [3.8, 4) is 0 Å². The van der Waals surface area contributed by atoms with Gasteiger partial charge in [-0.25, -0.2) is 0 Å². The lowest BCUT2D eigenvalue weighted by Gasteiger charge is -2.25. The molecule has 3 nitrogen and oxygen atoms in total. The molecule has 3 heteroatoms. The number of hydrogen-bond donors (Lipinski definition) is 1. The van der Waals surface area contributed by atoms with Crippen LogP contribution in [0.4, 0.5) is 0 Å². The number of likely N-dealkylation sites (N-methyl/N-ethyl adjacent to an activating group) is 1. The first-order chi connectivity index (χ1) is 10.3. The van der Waals surface area contributed by atoms with Crippen molar-refractivity contribution in [1.29, 1.82) is 0 Å². The van der Waals surface area contributed by atoms with Crippen molar-refractivity contribution in [2.45, 2.75) is 70.4 Å². The molecule has 0 radical (unpaired) electrons. The Morgan fingerprint density at radius 3 is 2.71 bits per heavy atom. The number of aromatic nitrogens is 2. The van der Waals surface area contributed by atoms with Gasteiger partial charge in [0, 0.05) is 18.7 Å². The van der Waals surface area contributed by atoms with Crippen molar-refractivity contribution in [3.63, 3.8) is 0 Å². The topological polar surface area (TPSA) is 29.9 Å². The average molecular weight is 287 g/mol. The van der Waals surface area contributed by atoms with Gasteiger partial charge in [-0.15, -0.1) is 0 Å². The van der Waals surface area contributed by atoms with Gasteiger partial charge in [-0.1, -0.05) is 19.8 Å². The van der Waals surface area contributed by atoms with E-state index < -0.39 is 0 Å². The fourth-order valence-electron chi connectivity index (χ4n) is 4.84. The number of nitrogens with zero attached hydrogens (tertiary/aromatic N) is 2. The second kappa shape index (κ2) is 5.75. The third-order valence-electron chi connectivity index (χ3n) is 6.11. The minimum Gasteiger partial charge on any atom is -0.314 e. The molecule has 1 aromatic heterocycles. The molecule has 0 saturated heterocycles. The second-order valence-corrected chi connectivity index (χ2v) is 7.58. The number of hydrogen-bond acceptors (Lipinski definition) is 2. The Labute approximate surface area is 128 Å². The molecule has 0 aromatic carbocycles. The highest BCUT2D eigenvalue weighted by Gasteiger charge is 2.47. The first-order valence-electron chi connectivity index (χ1n) is 9.11. The lowest BCUT2D eigenvalue weighted by atomic mass is 9.91. The van der Waals surface area contributed by atoms with Gasteiger partial charge in [-0.2, -0.15) is 5.10 Å². The summed E-state index contributed by atoms with van der Waals surface area (Å²) in [7, 11) is 0. The maximum absolute atomic E-state index is 4.89. The van der Waals surface area contributed by atoms with E-state index in [1.807, 2.05) is 0 Å². The van der Waals surface area contributed by atoms with Crippen molar-refractivity contribution in [2.24, 2.45) is 17.8 Å².